The molecule has 3 rings (SSSR count). The van der Waals surface area contributed by atoms with Crippen LogP contribution in [0, 0.1) is 11.3 Å². The highest BCUT2D eigenvalue weighted by molar-refractivity contribution is 9.10. The summed E-state index contributed by atoms with van der Waals surface area (Å²) in [4.78, 5) is 29.2. The molecule has 0 bridgehead atoms. The van der Waals surface area contributed by atoms with Gasteiger partial charge in [0.1, 0.15) is 0 Å². The summed E-state index contributed by atoms with van der Waals surface area (Å²) in [6.07, 6.45) is 1.43. The van der Waals surface area contributed by atoms with Gasteiger partial charge in [0, 0.05) is 44.4 Å². The molecule has 0 aromatic heterocycles. The van der Waals surface area contributed by atoms with Gasteiger partial charge < -0.3 is 10.2 Å². The second-order valence-electron chi connectivity index (χ2n) is 8.39. The smallest absolute Gasteiger partial charge is 0.227 e. The highest BCUT2D eigenvalue weighted by Gasteiger charge is 2.32. The molecule has 0 saturated carbocycles. The fourth-order valence-electron chi connectivity index (χ4n) is 3.31. The van der Waals surface area contributed by atoms with E-state index in [1.54, 1.807) is 11.8 Å². The fourth-order valence-corrected chi connectivity index (χ4v) is 4.39. The Labute approximate surface area is 185 Å². The third-order valence-corrected chi connectivity index (χ3v) is 6.51. The average molecular weight is 475 g/mol. The first-order valence-corrected chi connectivity index (χ1v) is 11.5. The highest BCUT2D eigenvalue weighted by atomic mass is 79.9. The Morgan fingerprint density at radius 3 is 2.00 bits per heavy atom. The molecule has 0 spiro atoms. The summed E-state index contributed by atoms with van der Waals surface area (Å²) in [7, 11) is 0. The predicted octanol–water partition coefficient (Wildman–Crippen LogP) is 5.82. The lowest BCUT2D eigenvalue weighted by Gasteiger charge is -2.35. The zero-order chi connectivity index (χ0) is 21.0. The Morgan fingerprint density at radius 2 is 1.48 bits per heavy atom. The Bertz CT molecular complexity index is 852. The number of piperidine rings is 1. The van der Waals surface area contributed by atoms with Gasteiger partial charge in [0.25, 0.3) is 0 Å². The Kier molecular flexibility index (Phi) is 7.06. The summed E-state index contributed by atoms with van der Waals surface area (Å²) in [6.45, 7) is 7.11. The lowest BCUT2D eigenvalue weighted by molar-refractivity contribution is -0.142. The van der Waals surface area contributed by atoms with Crippen LogP contribution in [0.5, 0.6) is 0 Å². The summed E-state index contributed by atoms with van der Waals surface area (Å²) in [5.41, 5.74) is 0.439. The molecule has 1 heterocycles. The van der Waals surface area contributed by atoms with Crippen LogP contribution in [0.3, 0.4) is 0 Å². The van der Waals surface area contributed by atoms with E-state index in [1.165, 1.54) is 4.90 Å². The van der Waals surface area contributed by atoms with Crippen molar-refractivity contribution in [2.75, 3.05) is 18.4 Å². The second-order valence-corrected chi connectivity index (χ2v) is 10.4. The van der Waals surface area contributed by atoms with Gasteiger partial charge in [-0.15, -0.1) is 0 Å². The van der Waals surface area contributed by atoms with Gasteiger partial charge in [-0.2, -0.15) is 0 Å². The summed E-state index contributed by atoms with van der Waals surface area (Å²) in [5.74, 6) is 0.159. The molecule has 1 fully saturated rings. The van der Waals surface area contributed by atoms with Gasteiger partial charge in [-0.1, -0.05) is 48.5 Å². The molecule has 1 aliphatic rings. The lowest BCUT2D eigenvalue weighted by atomic mass is 9.90. The van der Waals surface area contributed by atoms with Crippen LogP contribution in [0.1, 0.15) is 33.6 Å². The van der Waals surface area contributed by atoms with Crippen molar-refractivity contribution in [3.8, 4) is 0 Å². The number of benzene rings is 2. The first-order chi connectivity index (χ1) is 13.7. The maximum atomic E-state index is 12.6. The van der Waals surface area contributed by atoms with Gasteiger partial charge >= 0.3 is 0 Å². The molecular weight excluding hydrogens is 448 g/mol. The van der Waals surface area contributed by atoms with Crippen LogP contribution in [-0.4, -0.2) is 29.8 Å². The van der Waals surface area contributed by atoms with Gasteiger partial charge in [0.2, 0.25) is 11.8 Å². The molecule has 0 radical (unpaired) electrons. The van der Waals surface area contributed by atoms with E-state index in [2.05, 4.69) is 33.4 Å². The predicted molar refractivity (Wildman–Crippen MR) is 122 cm³/mol. The number of amides is 2. The molecule has 154 valence electrons. The minimum Gasteiger partial charge on any atom is -0.342 e. The molecule has 1 saturated heterocycles. The van der Waals surface area contributed by atoms with Gasteiger partial charge in [-0.3, -0.25) is 9.59 Å². The molecule has 0 atom stereocenters. The van der Waals surface area contributed by atoms with Gasteiger partial charge in [0.05, 0.1) is 0 Å². The lowest BCUT2D eigenvalue weighted by Crippen LogP contribution is -2.45. The number of hydrogen-bond acceptors (Lipinski definition) is 3. The summed E-state index contributed by atoms with van der Waals surface area (Å²) in [5, 5.41) is 3.03. The van der Waals surface area contributed by atoms with Crippen LogP contribution in [0.4, 0.5) is 5.69 Å². The van der Waals surface area contributed by atoms with Gasteiger partial charge in [0.15, 0.2) is 0 Å². The van der Waals surface area contributed by atoms with Crippen molar-refractivity contribution in [1.82, 2.24) is 4.90 Å². The Morgan fingerprint density at radius 1 is 0.966 bits per heavy atom. The quantitative estimate of drug-likeness (QED) is 0.606. The van der Waals surface area contributed by atoms with E-state index in [4.69, 9.17) is 0 Å². The molecule has 2 aromatic rings. The molecule has 0 unspecified atom stereocenters. The summed E-state index contributed by atoms with van der Waals surface area (Å²) in [6, 6.07) is 16.1. The maximum absolute atomic E-state index is 12.6. The molecule has 0 aliphatic carbocycles. The van der Waals surface area contributed by atoms with E-state index in [-0.39, 0.29) is 23.1 Å². The van der Waals surface area contributed by atoms with E-state index in [9.17, 15) is 9.59 Å². The van der Waals surface area contributed by atoms with E-state index in [0.29, 0.717) is 25.9 Å². The molecule has 2 amide bonds. The topological polar surface area (TPSA) is 49.4 Å². The molecule has 4 nitrogen and oxygen atoms in total. The summed E-state index contributed by atoms with van der Waals surface area (Å²) < 4.78 is 1.06. The van der Waals surface area contributed by atoms with E-state index in [0.717, 1.165) is 15.1 Å². The second kappa shape index (κ2) is 9.35. The first-order valence-electron chi connectivity index (χ1n) is 9.86. The molecular formula is C23H27BrN2O2S. The molecule has 29 heavy (non-hydrogen) atoms. The summed E-state index contributed by atoms with van der Waals surface area (Å²) >= 11 is 5.13. The van der Waals surface area contributed by atoms with Crippen LogP contribution in [0.15, 0.2) is 62.8 Å². The van der Waals surface area contributed by atoms with Crippen molar-refractivity contribution >= 4 is 45.2 Å². The molecule has 1 N–H and O–H groups in total. The van der Waals surface area contributed by atoms with Crippen molar-refractivity contribution in [2.45, 2.75) is 43.4 Å². The number of nitrogens with zero attached hydrogens (tertiary/aromatic N) is 1. The number of likely N-dealkylation sites (tertiary alicyclic amines) is 1. The Balaban J connectivity index is 1.51. The van der Waals surface area contributed by atoms with Crippen molar-refractivity contribution in [1.29, 1.82) is 0 Å². The first kappa shape index (κ1) is 21.9. The fraction of sp³-hybridized carbons (Fsp3) is 0.391. The van der Waals surface area contributed by atoms with Crippen molar-refractivity contribution in [3.63, 3.8) is 0 Å². The standard InChI is InChI=1S/C23H27BrN2O2S/c1-23(2,3)22(28)26-14-12-16(13-15-26)21(27)25-18-6-10-20(11-7-18)29-19-8-4-17(24)5-9-19/h4-11,16H,12-15H2,1-3H3,(H,25,27). The number of carbonyl (C=O) groups is 2. The number of anilines is 1. The number of rotatable bonds is 4. The third-order valence-electron chi connectivity index (χ3n) is 4.97. The van der Waals surface area contributed by atoms with Crippen LogP contribution in [0.25, 0.3) is 0 Å². The van der Waals surface area contributed by atoms with E-state index in [1.807, 2.05) is 62.1 Å². The minimum atomic E-state index is -0.370. The van der Waals surface area contributed by atoms with Crippen molar-refractivity contribution in [2.24, 2.45) is 11.3 Å². The molecule has 1 aliphatic heterocycles. The largest absolute Gasteiger partial charge is 0.342 e. The zero-order valence-corrected chi connectivity index (χ0v) is 19.5. The van der Waals surface area contributed by atoms with Crippen molar-refractivity contribution < 1.29 is 9.59 Å². The van der Waals surface area contributed by atoms with Crippen LogP contribution in [-0.2, 0) is 9.59 Å². The minimum absolute atomic E-state index is 0.0428. The van der Waals surface area contributed by atoms with Crippen molar-refractivity contribution in [3.05, 3.63) is 53.0 Å². The number of halogens is 1. The Hall–Kier alpha value is -1.79. The van der Waals surface area contributed by atoms with E-state index >= 15 is 0 Å². The monoisotopic (exact) mass is 474 g/mol. The average Bonchev–Trinajstić information content (AvgIpc) is 2.70. The highest BCUT2D eigenvalue weighted by Crippen LogP contribution is 2.30. The van der Waals surface area contributed by atoms with Crippen LogP contribution < -0.4 is 5.32 Å². The molecule has 2 aromatic carbocycles. The maximum Gasteiger partial charge on any atom is 0.227 e. The van der Waals surface area contributed by atoms with Gasteiger partial charge in [-0.05, 0) is 61.4 Å². The van der Waals surface area contributed by atoms with Gasteiger partial charge in [-0.25, -0.2) is 0 Å². The third kappa shape index (κ3) is 6.09. The molecule has 6 heteroatoms. The van der Waals surface area contributed by atoms with Crippen LogP contribution in [0.2, 0.25) is 0 Å². The number of hydrogen-bond donors (Lipinski definition) is 1. The van der Waals surface area contributed by atoms with Crippen LogP contribution >= 0.6 is 27.7 Å². The zero-order valence-electron chi connectivity index (χ0n) is 17.1. The SMILES string of the molecule is CC(C)(C)C(=O)N1CCC(C(=O)Nc2ccc(Sc3ccc(Br)cc3)cc2)CC1. The van der Waals surface area contributed by atoms with E-state index < -0.39 is 0 Å². The normalized spacial score (nSPS) is 15.2. The number of nitrogens with one attached hydrogen (secondary N) is 1. The number of carbonyl (C=O) groups excluding carboxylic acids is 2.